The largest absolute Gasteiger partial charge is 0.445 e. The number of nitrogens with zero attached hydrogens (tertiary/aromatic N) is 2. The molecule has 1 aliphatic carbocycles. The Bertz CT molecular complexity index is 666. The molecule has 1 saturated carbocycles. The smallest absolute Gasteiger partial charge is 0.407 e. The van der Waals surface area contributed by atoms with Gasteiger partial charge in [-0.25, -0.2) is 4.79 Å². The lowest BCUT2D eigenvalue weighted by atomic mass is 9.86. The fourth-order valence-electron chi connectivity index (χ4n) is 3.03. The third-order valence-electron chi connectivity index (χ3n) is 4.36. The van der Waals surface area contributed by atoms with Crippen LogP contribution in [0.1, 0.15) is 48.9 Å². The number of hydrogen-bond donors (Lipinski definition) is 1. The van der Waals surface area contributed by atoms with Gasteiger partial charge in [-0.2, -0.15) is 0 Å². The van der Waals surface area contributed by atoms with Gasteiger partial charge in [0.05, 0.1) is 0 Å². The average Bonchev–Trinajstić information content (AvgIpc) is 3.10. The highest BCUT2D eigenvalue weighted by Crippen LogP contribution is 2.32. The molecule has 25 heavy (non-hydrogen) atoms. The Balaban J connectivity index is 1.40. The van der Waals surface area contributed by atoms with E-state index in [1.54, 1.807) is 7.11 Å². The van der Waals surface area contributed by atoms with Gasteiger partial charge in [0.2, 0.25) is 11.8 Å². The van der Waals surface area contributed by atoms with Gasteiger partial charge in [-0.1, -0.05) is 30.3 Å². The number of carbonyl (C=O) groups is 1. The molecule has 0 radical (unpaired) electrons. The van der Waals surface area contributed by atoms with Gasteiger partial charge in [-0.3, -0.25) is 0 Å². The van der Waals surface area contributed by atoms with E-state index in [0.717, 1.165) is 31.2 Å². The van der Waals surface area contributed by atoms with E-state index in [1.807, 2.05) is 30.3 Å². The Morgan fingerprint density at radius 2 is 1.92 bits per heavy atom. The second-order valence-electron chi connectivity index (χ2n) is 6.22. The third-order valence-corrected chi connectivity index (χ3v) is 4.36. The Labute approximate surface area is 146 Å². The fourth-order valence-corrected chi connectivity index (χ4v) is 3.03. The minimum atomic E-state index is -0.368. The van der Waals surface area contributed by atoms with Gasteiger partial charge in [0, 0.05) is 19.1 Å². The van der Waals surface area contributed by atoms with Crippen molar-refractivity contribution in [3.63, 3.8) is 0 Å². The van der Waals surface area contributed by atoms with Crippen LogP contribution in [0.5, 0.6) is 0 Å². The minimum absolute atomic E-state index is 0.126. The normalized spacial score (nSPS) is 20.2. The van der Waals surface area contributed by atoms with E-state index < -0.39 is 0 Å². The third kappa shape index (κ3) is 5.03. The second kappa shape index (κ2) is 8.62. The molecule has 1 aromatic carbocycles. The van der Waals surface area contributed by atoms with Crippen molar-refractivity contribution in [1.29, 1.82) is 0 Å². The quantitative estimate of drug-likeness (QED) is 0.865. The van der Waals surface area contributed by atoms with Crippen LogP contribution < -0.4 is 5.32 Å². The van der Waals surface area contributed by atoms with E-state index in [1.165, 1.54) is 0 Å². The summed E-state index contributed by atoms with van der Waals surface area (Å²) in [5, 5.41) is 11.0. The summed E-state index contributed by atoms with van der Waals surface area (Å²) in [6.07, 6.45) is 3.17. The van der Waals surface area contributed by atoms with Gasteiger partial charge in [0.15, 0.2) is 0 Å². The molecule has 1 aliphatic rings. The number of methoxy groups -OCH3 is 1. The molecule has 7 nitrogen and oxygen atoms in total. The maximum atomic E-state index is 11.9. The van der Waals surface area contributed by atoms with Gasteiger partial charge in [0.1, 0.15) is 13.2 Å². The summed E-state index contributed by atoms with van der Waals surface area (Å²) in [5.41, 5.74) is 0.976. The first-order chi connectivity index (χ1) is 12.2. The molecule has 2 aromatic rings. The van der Waals surface area contributed by atoms with Crippen LogP contribution in [0.2, 0.25) is 0 Å². The van der Waals surface area contributed by atoms with Gasteiger partial charge in [-0.15, -0.1) is 10.2 Å². The van der Waals surface area contributed by atoms with Gasteiger partial charge in [-0.05, 0) is 31.2 Å². The molecule has 0 atom stereocenters. The molecule has 0 spiro atoms. The van der Waals surface area contributed by atoms with E-state index in [4.69, 9.17) is 13.9 Å². The number of benzene rings is 1. The zero-order chi connectivity index (χ0) is 17.5. The maximum Gasteiger partial charge on any atom is 0.407 e. The second-order valence-corrected chi connectivity index (χ2v) is 6.22. The molecule has 0 unspecified atom stereocenters. The molecule has 1 aromatic heterocycles. The molecular weight excluding hydrogens is 322 g/mol. The lowest BCUT2D eigenvalue weighted by molar-refractivity contribution is 0.131. The summed E-state index contributed by atoms with van der Waals surface area (Å²) in [7, 11) is 1.59. The molecule has 0 bridgehead atoms. The average molecular weight is 345 g/mol. The first kappa shape index (κ1) is 17.4. The van der Waals surface area contributed by atoms with E-state index in [-0.39, 0.29) is 24.7 Å². The maximum absolute atomic E-state index is 11.9. The fraction of sp³-hybridized carbons (Fsp3) is 0.500. The summed E-state index contributed by atoms with van der Waals surface area (Å²) in [6.45, 7) is 0.615. The number of aromatic nitrogens is 2. The van der Waals surface area contributed by atoms with Crippen LogP contribution in [0.15, 0.2) is 34.7 Å². The standard InChI is InChI=1S/C18H23N3O4/c1-23-12-16-20-21-17(25-16)14-7-9-15(10-8-14)19-18(22)24-11-13-5-3-2-4-6-13/h2-6,14-15H,7-12H2,1H3,(H,19,22)/t14-,15-. The SMILES string of the molecule is COCc1nnc([C@H]2CC[C@H](NC(=O)OCc3ccccc3)CC2)o1. The monoisotopic (exact) mass is 345 g/mol. The van der Waals surface area contributed by atoms with Crippen molar-refractivity contribution < 1.29 is 18.7 Å². The Morgan fingerprint density at radius 1 is 1.16 bits per heavy atom. The van der Waals surface area contributed by atoms with Crippen LogP contribution in [0.25, 0.3) is 0 Å². The van der Waals surface area contributed by atoms with Crippen molar-refractivity contribution in [3.05, 3.63) is 47.7 Å². The molecule has 1 fully saturated rings. The number of nitrogens with one attached hydrogen (secondary N) is 1. The minimum Gasteiger partial charge on any atom is -0.445 e. The van der Waals surface area contributed by atoms with Crippen molar-refractivity contribution in [2.45, 2.75) is 50.9 Å². The van der Waals surface area contributed by atoms with Crippen LogP contribution in [-0.4, -0.2) is 29.4 Å². The molecule has 1 amide bonds. The number of carbonyl (C=O) groups excluding carboxylic acids is 1. The first-order valence-corrected chi connectivity index (χ1v) is 8.53. The number of amides is 1. The number of ether oxygens (including phenoxy) is 2. The Kier molecular flexibility index (Phi) is 6.00. The van der Waals surface area contributed by atoms with Crippen LogP contribution in [-0.2, 0) is 22.7 Å². The summed E-state index contributed by atoms with van der Waals surface area (Å²) >= 11 is 0. The van der Waals surface area contributed by atoms with Crippen LogP contribution in [0, 0.1) is 0 Å². The predicted octanol–water partition coefficient (Wildman–Crippen LogP) is 3.17. The molecule has 1 heterocycles. The van der Waals surface area contributed by atoms with Crippen molar-refractivity contribution in [1.82, 2.24) is 15.5 Å². The molecule has 1 N–H and O–H groups in total. The van der Waals surface area contributed by atoms with E-state index in [9.17, 15) is 4.79 Å². The van der Waals surface area contributed by atoms with Crippen molar-refractivity contribution in [2.75, 3.05) is 7.11 Å². The van der Waals surface area contributed by atoms with E-state index in [0.29, 0.717) is 18.4 Å². The van der Waals surface area contributed by atoms with Crippen LogP contribution in [0.3, 0.4) is 0 Å². The van der Waals surface area contributed by atoms with Crippen molar-refractivity contribution in [3.8, 4) is 0 Å². The zero-order valence-electron chi connectivity index (χ0n) is 14.3. The summed E-state index contributed by atoms with van der Waals surface area (Å²) in [5.74, 6) is 1.41. The molecule has 7 heteroatoms. The number of alkyl carbamates (subject to hydrolysis) is 1. The predicted molar refractivity (Wildman–Crippen MR) is 89.8 cm³/mol. The van der Waals surface area contributed by atoms with E-state index in [2.05, 4.69) is 15.5 Å². The topological polar surface area (TPSA) is 86.5 Å². The Morgan fingerprint density at radius 3 is 2.64 bits per heavy atom. The molecule has 0 aliphatic heterocycles. The van der Waals surface area contributed by atoms with Crippen LogP contribution in [0.4, 0.5) is 4.79 Å². The van der Waals surface area contributed by atoms with Gasteiger partial charge >= 0.3 is 6.09 Å². The number of hydrogen-bond acceptors (Lipinski definition) is 6. The zero-order valence-corrected chi connectivity index (χ0v) is 14.3. The molecular formula is C18H23N3O4. The van der Waals surface area contributed by atoms with Gasteiger partial charge < -0.3 is 19.2 Å². The van der Waals surface area contributed by atoms with Crippen LogP contribution >= 0.6 is 0 Å². The summed E-state index contributed by atoms with van der Waals surface area (Å²) < 4.78 is 15.9. The molecule has 0 saturated heterocycles. The Hall–Kier alpha value is -2.41. The summed E-state index contributed by atoms with van der Waals surface area (Å²) in [4.78, 5) is 11.9. The molecule has 134 valence electrons. The van der Waals surface area contributed by atoms with Gasteiger partial charge in [0.25, 0.3) is 0 Å². The molecule has 3 rings (SSSR count). The first-order valence-electron chi connectivity index (χ1n) is 8.53. The lowest BCUT2D eigenvalue weighted by Crippen LogP contribution is -2.37. The summed E-state index contributed by atoms with van der Waals surface area (Å²) in [6, 6.07) is 9.77. The van der Waals surface area contributed by atoms with Crippen molar-refractivity contribution in [2.24, 2.45) is 0 Å². The lowest BCUT2D eigenvalue weighted by Gasteiger charge is -2.26. The highest BCUT2D eigenvalue weighted by molar-refractivity contribution is 5.67. The highest BCUT2D eigenvalue weighted by Gasteiger charge is 2.27. The highest BCUT2D eigenvalue weighted by atomic mass is 16.5. The van der Waals surface area contributed by atoms with Crippen molar-refractivity contribution >= 4 is 6.09 Å². The van der Waals surface area contributed by atoms with E-state index >= 15 is 0 Å². The number of rotatable bonds is 6.